The summed E-state index contributed by atoms with van der Waals surface area (Å²) in [5.74, 6) is 0.0628. The van der Waals surface area contributed by atoms with Crippen molar-refractivity contribution in [2.45, 2.75) is 36.9 Å². The molecule has 1 atom stereocenters. The smallest absolute Gasteiger partial charge is 0.361 e. The van der Waals surface area contributed by atoms with Crippen molar-refractivity contribution in [3.63, 3.8) is 0 Å². The molecule has 0 unspecified atom stereocenters. The molecule has 1 amide bonds. The molecular weight excluding hydrogens is 471 g/mol. The number of sulfonamides is 1. The van der Waals surface area contributed by atoms with Gasteiger partial charge in [0.2, 0.25) is 15.9 Å². The molecule has 0 aliphatic heterocycles. The zero-order valence-corrected chi connectivity index (χ0v) is 19.4. The van der Waals surface area contributed by atoms with E-state index in [2.05, 4.69) is 5.16 Å². The van der Waals surface area contributed by atoms with Gasteiger partial charge in [0.1, 0.15) is 11.5 Å². The number of rotatable bonds is 9. The molecule has 34 heavy (non-hydrogen) atoms. The predicted molar refractivity (Wildman–Crippen MR) is 119 cm³/mol. The maximum Gasteiger partial charge on any atom is 0.417 e. The molecule has 0 saturated carbocycles. The van der Waals surface area contributed by atoms with Gasteiger partial charge in [-0.25, -0.2) is 8.42 Å². The lowest BCUT2D eigenvalue weighted by molar-refractivity contribution is -0.139. The lowest BCUT2D eigenvalue weighted by atomic mass is 10.1. The summed E-state index contributed by atoms with van der Waals surface area (Å²) >= 11 is 0. The number of amides is 1. The average molecular weight is 496 g/mol. The zero-order chi connectivity index (χ0) is 24.9. The summed E-state index contributed by atoms with van der Waals surface area (Å²) in [5.41, 5.74) is 0.317. The highest BCUT2D eigenvalue weighted by Crippen LogP contribution is 2.34. The second-order valence-corrected chi connectivity index (χ2v) is 9.43. The van der Waals surface area contributed by atoms with E-state index in [4.69, 9.17) is 4.52 Å². The van der Waals surface area contributed by atoms with Gasteiger partial charge in [-0.05, 0) is 25.5 Å². The third-order valence-corrected chi connectivity index (χ3v) is 6.70. The van der Waals surface area contributed by atoms with Crippen LogP contribution in [0.3, 0.4) is 0 Å². The van der Waals surface area contributed by atoms with Gasteiger partial charge in [-0.1, -0.05) is 47.6 Å². The Morgan fingerprint density at radius 2 is 1.76 bits per heavy atom. The van der Waals surface area contributed by atoms with E-state index in [1.807, 2.05) is 41.1 Å². The van der Waals surface area contributed by atoms with Crippen molar-refractivity contribution < 1.29 is 30.9 Å². The first-order valence-corrected chi connectivity index (χ1v) is 11.9. The molecule has 182 valence electrons. The number of halogens is 3. The van der Waals surface area contributed by atoms with E-state index in [0.29, 0.717) is 30.4 Å². The van der Waals surface area contributed by atoms with E-state index in [-0.39, 0.29) is 6.54 Å². The minimum atomic E-state index is -4.85. The highest BCUT2D eigenvalue weighted by Gasteiger charge is 2.37. The fourth-order valence-electron chi connectivity index (χ4n) is 3.39. The van der Waals surface area contributed by atoms with Gasteiger partial charge in [-0.2, -0.15) is 17.9 Å². The normalized spacial score (nSPS) is 13.0. The molecule has 1 heterocycles. The summed E-state index contributed by atoms with van der Waals surface area (Å²) in [7, 11) is -3.09. The highest BCUT2D eigenvalue weighted by atomic mass is 32.2. The average Bonchev–Trinajstić information content (AvgIpc) is 3.27. The fourth-order valence-corrected chi connectivity index (χ4v) is 4.81. The number of nitrogens with one attached hydrogen (secondary N) is 1. The minimum absolute atomic E-state index is 0.283. The van der Waals surface area contributed by atoms with Crippen molar-refractivity contribution in [3.8, 4) is 11.3 Å². The van der Waals surface area contributed by atoms with E-state index in [1.165, 1.54) is 24.9 Å². The first kappa shape index (κ1) is 25.4. The molecule has 0 aliphatic carbocycles. The van der Waals surface area contributed by atoms with Crippen molar-refractivity contribution in [1.82, 2.24) is 14.8 Å². The van der Waals surface area contributed by atoms with Crippen LogP contribution in [0.15, 0.2) is 70.1 Å². The Morgan fingerprint density at radius 3 is 2.44 bits per heavy atom. The van der Waals surface area contributed by atoms with Gasteiger partial charge in [-0.15, -0.1) is 0 Å². The second-order valence-electron chi connectivity index (χ2n) is 7.74. The van der Waals surface area contributed by atoms with Crippen LogP contribution in [0.1, 0.15) is 24.7 Å². The van der Waals surface area contributed by atoms with E-state index in [0.717, 1.165) is 17.7 Å². The first-order valence-electron chi connectivity index (χ1n) is 10.4. The van der Waals surface area contributed by atoms with Gasteiger partial charge in [0.25, 0.3) is 0 Å². The van der Waals surface area contributed by atoms with Crippen molar-refractivity contribution in [3.05, 3.63) is 72.0 Å². The summed E-state index contributed by atoms with van der Waals surface area (Å²) in [5, 5.41) is 4.03. The molecule has 0 bridgehead atoms. The molecule has 0 saturated heterocycles. The molecule has 7 nitrogen and oxygen atoms in total. The van der Waals surface area contributed by atoms with Gasteiger partial charge in [-0.3, -0.25) is 4.79 Å². The van der Waals surface area contributed by atoms with Crippen LogP contribution in [0.4, 0.5) is 13.2 Å². The lowest BCUT2D eigenvalue weighted by Crippen LogP contribution is -2.46. The van der Waals surface area contributed by atoms with E-state index in [9.17, 15) is 26.4 Å². The summed E-state index contributed by atoms with van der Waals surface area (Å²) in [6.07, 6.45) is -3.84. The predicted octanol–water partition coefficient (Wildman–Crippen LogP) is 4.12. The first-order chi connectivity index (χ1) is 16.0. The number of aromatic nitrogens is 1. The Kier molecular flexibility index (Phi) is 7.78. The topological polar surface area (TPSA) is 92.5 Å². The Morgan fingerprint density at radius 1 is 1.12 bits per heavy atom. The van der Waals surface area contributed by atoms with Gasteiger partial charge < -0.3 is 9.42 Å². The van der Waals surface area contributed by atoms with Crippen molar-refractivity contribution in [1.29, 1.82) is 0 Å². The quantitative estimate of drug-likeness (QED) is 0.482. The van der Waals surface area contributed by atoms with E-state index < -0.39 is 38.6 Å². The number of hydrogen-bond acceptors (Lipinski definition) is 5. The number of hydrogen-bond donors (Lipinski definition) is 1. The molecule has 3 aromatic rings. The van der Waals surface area contributed by atoms with Crippen molar-refractivity contribution in [2.24, 2.45) is 0 Å². The molecular formula is C23H24F3N3O4S. The highest BCUT2D eigenvalue weighted by molar-refractivity contribution is 7.89. The molecule has 0 radical (unpaired) electrons. The molecule has 0 fully saturated rings. The Balaban J connectivity index is 1.56. The number of aryl methyl sites for hydroxylation is 1. The number of carbonyl (C=O) groups is 1. The van der Waals surface area contributed by atoms with E-state index in [1.54, 1.807) is 0 Å². The largest absolute Gasteiger partial charge is 0.417 e. The molecule has 11 heteroatoms. The van der Waals surface area contributed by atoms with Crippen LogP contribution in [0.5, 0.6) is 0 Å². The Bertz CT molecular complexity index is 1230. The SMILES string of the molecule is C[C@H](NS(=O)(=O)c1ccccc1C(F)(F)F)C(=O)N(C)CCCc1cc(-c2ccccc2)no1. The lowest BCUT2D eigenvalue weighted by Gasteiger charge is -2.22. The monoisotopic (exact) mass is 495 g/mol. The molecule has 0 spiro atoms. The number of alkyl halides is 3. The molecule has 2 aromatic carbocycles. The standard InChI is InChI=1S/C23H24F3N3O4S/c1-16(28-34(31,32)21-13-7-6-12-19(21)23(24,25)26)22(30)29(2)14-8-11-18-15-20(27-33-18)17-9-4-3-5-10-17/h3-7,9-10,12-13,15-16,28H,8,11,14H2,1-2H3/t16-/m0/s1. The number of benzene rings is 2. The van der Waals surface area contributed by atoms with Crippen LogP contribution in [-0.2, 0) is 27.4 Å². The van der Waals surface area contributed by atoms with Gasteiger partial charge in [0.05, 0.1) is 16.5 Å². The van der Waals surface area contributed by atoms with Crippen LogP contribution < -0.4 is 4.72 Å². The van der Waals surface area contributed by atoms with Crippen molar-refractivity contribution >= 4 is 15.9 Å². The van der Waals surface area contributed by atoms with Gasteiger partial charge in [0.15, 0.2) is 0 Å². The molecule has 0 aliphatic rings. The third kappa shape index (κ3) is 6.23. The van der Waals surface area contributed by atoms with E-state index >= 15 is 0 Å². The fraction of sp³-hybridized carbons (Fsp3) is 0.304. The van der Waals surface area contributed by atoms with Gasteiger partial charge >= 0.3 is 6.18 Å². The Hall–Kier alpha value is -3.18. The summed E-state index contributed by atoms with van der Waals surface area (Å²) in [6.45, 7) is 1.57. The van der Waals surface area contributed by atoms with Crippen LogP contribution >= 0.6 is 0 Å². The van der Waals surface area contributed by atoms with Crippen LogP contribution in [-0.4, -0.2) is 44.0 Å². The maximum atomic E-state index is 13.2. The number of carbonyl (C=O) groups excluding carboxylic acids is 1. The molecule has 1 N–H and O–H groups in total. The third-order valence-electron chi connectivity index (χ3n) is 5.11. The number of likely N-dealkylation sites (N-methyl/N-ethyl adjacent to an activating group) is 1. The van der Waals surface area contributed by atoms with Crippen LogP contribution in [0, 0.1) is 0 Å². The maximum absolute atomic E-state index is 13.2. The number of nitrogens with zero attached hydrogens (tertiary/aromatic N) is 2. The van der Waals surface area contributed by atoms with Gasteiger partial charge in [0, 0.05) is 31.6 Å². The summed E-state index contributed by atoms with van der Waals surface area (Å²) in [6, 6.07) is 13.9. The van der Waals surface area contributed by atoms with Crippen LogP contribution in [0.2, 0.25) is 0 Å². The minimum Gasteiger partial charge on any atom is -0.361 e. The Labute approximate surface area is 195 Å². The van der Waals surface area contributed by atoms with Crippen molar-refractivity contribution in [2.75, 3.05) is 13.6 Å². The van der Waals surface area contributed by atoms with Crippen LogP contribution in [0.25, 0.3) is 11.3 Å². The summed E-state index contributed by atoms with van der Waals surface area (Å²) in [4.78, 5) is 13.0. The zero-order valence-electron chi connectivity index (χ0n) is 18.5. The molecule has 1 aromatic heterocycles. The second kappa shape index (κ2) is 10.4. The summed E-state index contributed by atoms with van der Waals surface area (Å²) < 4.78 is 72.1. The molecule has 3 rings (SSSR count).